The first-order valence-corrected chi connectivity index (χ1v) is 4.52. The Morgan fingerprint density at radius 2 is 1.76 bits per heavy atom. The topological polar surface area (TPSA) is 140 Å². The van der Waals surface area contributed by atoms with Crippen molar-refractivity contribution in [3.05, 3.63) is 11.4 Å². The van der Waals surface area contributed by atoms with Crippen LogP contribution in [-0.2, 0) is 0 Å². The summed E-state index contributed by atoms with van der Waals surface area (Å²) in [6, 6.07) is 0. The lowest BCUT2D eigenvalue weighted by Crippen LogP contribution is -2.26. The molecule has 94 valence electrons. The lowest BCUT2D eigenvalue weighted by Gasteiger charge is -2.21. The van der Waals surface area contributed by atoms with Gasteiger partial charge in [-0.05, 0) is 6.92 Å². The number of fused-ring (bicyclic) bond motifs is 1. The number of hydrogen-bond acceptors (Lipinski definition) is 4. The summed E-state index contributed by atoms with van der Waals surface area (Å²) >= 11 is 0. The van der Waals surface area contributed by atoms with E-state index in [1.54, 1.807) is 6.92 Å². The summed E-state index contributed by atoms with van der Waals surface area (Å²) in [7, 11) is 0. The quantitative estimate of drug-likeness (QED) is 0.655. The molecule has 0 saturated heterocycles. The molecular formula is C9H11NO7. The number of carboxylic acids is 2. The highest BCUT2D eigenvalue weighted by atomic mass is 16.6. The normalized spacial score (nSPS) is 17.1. The number of carbonyl (C=O) groups is 2. The summed E-state index contributed by atoms with van der Waals surface area (Å²) in [5.74, 6) is -2.69. The number of carboxylic acid groups (broad SMARTS) is 2. The van der Waals surface area contributed by atoms with Gasteiger partial charge in [-0.1, -0.05) is 0 Å². The van der Waals surface area contributed by atoms with Gasteiger partial charge in [0, 0.05) is 0 Å². The molecule has 17 heavy (non-hydrogen) atoms. The molecule has 0 fully saturated rings. The fourth-order valence-electron chi connectivity index (χ4n) is 1.45. The third kappa shape index (κ3) is 2.02. The number of aromatic amines is 1. The van der Waals surface area contributed by atoms with E-state index in [4.69, 9.17) is 19.7 Å². The molecule has 1 aromatic rings. The first-order valence-electron chi connectivity index (χ1n) is 4.52. The first-order chi connectivity index (χ1) is 7.50. The van der Waals surface area contributed by atoms with Gasteiger partial charge >= 0.3 is 11.9 Å². The second-order valence-corrected chi connectivity index (χ2v) is 3.38. The number of rotatable bonds is 2. The Labute approximate surface area is 95.1 Å². The van der Waals surface area contributed by atoms with E-state index in [1.165, 1.54) is 0 Å². The van der Waals surface area contributed by atoms with Crippen molar-refractivity contribution in [2.45, 2.75) is 13.0 Å². The zero-order valence-corrected chi connectivity index (χ0v) is 8.81. The Hall–Kier alpha value is -2.22. The minimum atomic E-state index is -1.29. The predicted molar refractivity (Wildman–Crippen MR) is 53.9 cm³/mol. The molecule has 1 aliphatic rings. The molecule has 2 heterocycles. The molecule has 1 unspecified atom stereocenters. The Kier molecular flexibility index (Phi) is 3.28. The second-order valence-electron chi connectivity index (χ2n) is 3.38. The van der Waals surface area contributed by atoms with Crippen molar-refractivity contribution >= 4 is 11.9 Å². The molecule has 0 aliphatic carbocycles. The van der Waals surface area contributed by atoms with Gasteiger partial charge in [-0.3, -0.25) is 0 Å². The fourth-order valence-corrected chi connectivity index (χ4v) is 1.45. The third-order valence-electron chi connectivity index (χ3n) is 2.12. The van der Waals surface area contributed by atoms with Crippen LogP contribution in [-0.4, -0.2) is 45.3 Å². The van der Waals surface area contributed by atoms with Gasteiger partial charge in [0.25, 0.3) is 0 Å². The van der Waals surface area contributed by atoms with Crippen LogP contribution in [0.2, 0.25) is 0 Å². The maximum Gasteiger partial charge on any atom is 0.356 e. The fraction of sp³-hybridized carbons (Fsp3) is 0.333. The van der Waals surface area contributed by atoms with Crippen LogP contribution in [0, 0.1) is 0 Å². The van der Waals surface area contributed by atoms with E-state index < -0.39 is 11.9 Å². The van der Waals surface area contributed by atoms with Crippen molar-refractivity contribution in [3.8, 4) is 11.5 Å². The van der Waals surface area contributed by atoms with Crippen LogP contribution in [0.1, 0.15) is 27.9 Å². The number of ether oxygens (including phenoxy) is 2. The van der Waals surface area contributed by atoms with Crippen LogP contribution in [0.3, 0.4) is 0 Å². The monoisotopic (exact) mass is 245 g/mol. The third-order valence-corrected chi connectivity index (χ3v) is 2.12. The maximum atomic E-state index is 10.9. The highest BCUT2D eigenvalue weighted by molar-refractivity contribution is 5.97. The summed E-state index contributed by atoms with van der Waals surface area (Å²) in [4.78, 5) is 23.9. The molecule has 0 radical (unpaired) electrons. The molecular weight excluding hydrogens is 234 g/mol. The average molecular weight is 245 g/mol. The molecule has 1 aromatic heterocycles. The smallest absolute Gasteiger partial charge is 0.356 e. The lowest BCUT2D eigenvalue weighted by molar-refractivity contribution is 0.0651. The Morgan fingerprint density at radius 3 is 2.29 bits per heavy atom. The summed E-state index contributed by atoms with van der Waals surface area (Å²) in [6.07, 6.45) is -0.317. The minimum absolute atomic E-state index is 0. The van der Waals surface area contributed by atoms with Gasteiger partial charge in [-0.2, -0.15) is 0 Å². The SMILES string of the molecule is CC1COc2c(C(=O)O)[nH]c(C(=O)O)c2O1.O. The van der Waals surface area contributed by atoms with Gasteiger partial charge in [0.1, 0.15) is 12.7 Å². The van der Waals surface area contributed by atoms with Crippen molar-refractivity contribution in [2.75, 3.05) is 6.61 Å². The average Bonchev–Trinajstić information content (AvgIpc) is 2.56. The van der Waals surface area contributed by atoms with Crippen LogP contribution in [0.15, 0.2) is 0 Å². The van der Waals surface area contributed by atoms with Gasteiger partial charge in [0.2, 0.25) is 0 Å². The predicted octanol–water partition coefficient (Wildman–Crippen LogP) is -0.254. The molecule has 0 aromatic carbocycles. The first kappa shape index (κ1) is 12.8. The number of aromatic carboxylic acids is 2. The Balaban J connectivity index is 0.00000144. The lowest BCUT2D eigenvalue weighted by atomic mass is 10.3. The maximum absolute atomic E-state index is 10.9. The van der Waals surface area contributed by atoms with Crippen LogP contribution >= 0.6 is 0 Å². The molecule has 8 heteroatoms. The number of nitrogens with one attached hydrogen (secondary N) is 1. The van der Waals surface area contributed by atoms with Crippen LogP contribution in [0.25, 0.3) is 0 Å². The van der Waals surface area contributed by atoms with E-state index in [9.17, 15) is 9.59 Å². The van der Waals surface area contributed by atoms with E-state index >= 15 is 0 Å². The van der Waals surface area contributed by atoms with Gasteiger partial charge in [-0.15, -0.1) is 0 Å². The molecule has 0 amide bonds. The zero-order valence-electron chi connectivity index (χ0n) is 8.81. The van der Waals surface area contributed by atoms with Crippen molar-refractivity contribution in [3.63, 3.8) is 0 Å². The van der Waals surface area contributed by atoms with Gasteiger partial charge < -0.3 is 30.1 Å². The van der Waals surface area contributed by atoms with Crippen LogP contribution in [0.5, 0.6) is 11.5 Å². The van der Waals surface area contributed by atoms with Crippen molar-refractivity contribution in [1.82, 2.24) is 4.98 Å². The highest BCUT2D eigenvalue weighted by Crippen LogP contribution is 2.38. The molecule has 0 spiro atoms. The summed E-state index contributed by atoms with van der Waals surface area (Å²) < 4.78 is 10.4. The zero-order chi connectivity index (χ0) is 11.9. The molecule has 2 rings (SSSR count). The Bertz CT molecular complexity index is 464. The van der Waals surface area contributed by atoms with Crippen molar-refractivity contribution < 1.29 is 34.8 Å². The number of aromatic nitrogens is 1. The minimum Gasteiger partial charge on any atom is -0.483 e. The number of hydrogen-bond donors (Lipinski definition) is 3. The molecule has 1 atom stereocenters. The molecule has 8 nitrogen and oxygen atoms in total. The molecule has 0 bridgehead atoms. The van der Waals surface area contributed by atoms with E-state index in [-0.39, 0.29) is 41.1 Å². The summed E-state index contributed by atoms with van der Waals surface area (Å²) in [5, 5.41) is 17.7. The second kappa shape index (κ2) is 4.34. The molecule has 0 saturated carbocycles. The summed E-state index contributed by atoms with van der Waals surface area (Å²) in [5.41, 5.74) is -0.613. The van der Waals surface area contributed by atoms with E-state index in [1.807, 2.05) is 0 Å². The highest BCUT2D eigenvalue weighted by Gasteiger charge is 2.32. The van der Waals surface area contributed by atoms with Gasteiger partial charge in [-0.25, -0.2) is 9.59 Å². The largest absolute Gasteiger partial charge is 0.483 e. The van der Waals surface area contributed by atoms with Crippen LogP contribution < -0.4 is 9.47 Å². The van der Waals surface area contributed by atoms with Crippen molar-refractivity contribution in [1.29, 1.82) is 0 Å². The van der Waals surface area contributed by atoms with E-state index in [0.717, 1.165) is 0 Å². The van der Waals surface area contributed by atoms with E-state index in [0.29, 0.717) is 0 Å². The van der Waals surface area contributed by atoms with Gasteiger partial charge in [0.05, 0.1) is 0 Å². The van der Waals surface area contributed by atoms with Crippen molar-refractivity contribution in [2.24, 2.45) is 0 Å². The molecule has 5 N–H and O–H groups in total. The number of H-pyrrole nitrogens is 1. The van der Waals surface area contributed by atoms with Gasteiger partial charge in [0.15, 0.2) is 22.9 Å². The Morgan fingerprint density at radius 1 is 1.24 bits per heavy atom. The summed E-state index contributed by atoms with van der Waals surface area (Å²) in [6.45, 7) is 1.88. The van der Waals surface area contributed by atoms with Crippen LogP contribution in [0.4, 0.5) is 0 Å². The standard InChI is InChI=1S/C9H9NO6.H2O/c1-3-2-15-6-4(8(11)12)10-5(9(13)14)7(6)16-3;/h3,10H,2H2,1H3,(H,11,12)(H,13,14);1H2. The molecule has 1 aliphatic heterocycles. The van der Waals surface area contributed by atoms with E-state index in [2.05, 4.69) is 4.98 Å².